The van der Waals surface area contributed by atoms with E-state index in [-0.39, 0.29) is 17.9 Å². The fraction of sp³-hybridized carbons (Fsp3) is 0.667. The van der Waals surface area contributed by atoms with E-state index in [9.17, 15) is 9.90 Å². The first-order valence-corrected chi connectivity index (χ1v) is 7.37. The highest BCUT2D eigenvalue weighted by molar-refractivity contribution is 5.71. The molecule has 6 heteroatoms. The van der Waals surface area contributed by atoms with Gasteiger partial charge in [-0.3, -0.25) is 4.79 Å². The van der Waals surface area contributed by atoms with Crippen molar-refractivity contribution in [3.63, 3.8) is 0 Å². The Hall–Kier alpha value is -1.69. The van der Waals surface area contributed by atoms with Crippen LogP contribution in [0, 0.1) is 11.8 Å². The Bertz CT molecular complexity index is 510. The topological polar surface area (TPSA) is 85.5 Å². The standard InChI is InChI=1S/C15H22N2O4/c1-4-20-12(9(2)3)13-16-14(21-17-13)10-7-5-6-8-11(10)15(18)19/h5-6,9-12H,4,7-8H2,1-3H3,(H,18,19). The van der Waals surface area contributed by atoms with Gasteiger partial charge in [0.05, 0.1) is 11.8 Å². The lowest BCUT2D eigenvalue weighted by atomic mass is 9.83. The first-order chi connectivity index (χ1) is 10.0. The van der Waals surface area contributed by atoms with Crippen LogP contribution in [0.15, 0.2) is 16.7 Å². The maximum absolute atomic E-state index is 11.3. The summed E-state index contributed by atoms with van der Waals surface area (Å²) >= 11 is 0. The van der Waals surface area contributed by atoms with Gasteiger partial charge in [0.25, 0.3) is 0 Å². The monoisotopic (exact) mass is 294 g/mol. The zero-order valence-electron chi connectivity index (χ0n) is 12.7. The number of carboxylic acids is 1. The zero-order chi connectivity index (χ0) is 15.4. The van der Waals surface area contributed by atoms with Crippen LogP contribution in [0.4, 0.5) is 0 Å². The highest BCUT2D eigenvalue weighted by atomic mass is 16.5. The Morgan fingerprint density at radius 3 is 2.81 bits per heavy atom. The Morgan fingerprint density at radius 1 is 1.48 bits per heavy atom. The molecule has 0 amide bonds. The normalized spacial score (nSPS) is 23.4. The minimum atomic E-state index is -0.825. The summed E-state index contributed by atoms with van der Waals surface area (Å²) in [6.07, 6.45) is 4.74. The van der Waals surface area contributed by atoms with Crippen molar-refractivity contribution in [3.05, 3.63) is 23.9 Å². The van der Waals surface area contributed by atoms with Crippen molar-refractivity contribution in [1.82, 2.24) is 10.1 Å². The van der Waals surface area contributed by atoms with E-state index in [0.29, 0.717) is 31.2 Å². The second-order valence-corrected chi connectivity index (χ2v) is 5.60. The predicted octanol–water partition coefficient (Wildman–Crippen LogP) is 2.94. The molecule has 116 valence electrons. The van der Waals surface area contributed by atoms with E-state index >= 15 is 0 Å². The molecule has 1 aromatic rings. The molecule has 0 fully saturated rings. The smallest absolute Gasteiger partial charge is 0.307 e. The fourth-order valence-corrected chi connectivity index (χ4v) is 2.62. The summed E-state index contributed by atoms with van der Waals surface area (Å²) in [6.45, 7) is 6.54. The van der Waals surface area contributed by atoms with Crippen LogP contribution >= 0.6 is 0 Å². The Morgan fingerprint density at radius 2 is 2.19 bits per heavy atom. The number of aliphatic carboxylic acids is 1. The molecule has 2 rings (SSSR count). The number of aromatic nitrogens is 2. The van der Waals surface area contributed by atoms with Crippen LogP contribution in [0.25, 0.3) is 0 Å². The van der Waals surface area contributed by atoms with Gasteiger partial charge in [0.2, 0.25) is 11.7 Å². The summed E-state index contributed by atoms with van der Waals surface area (Å²) in [6, 6.07) is 0. The first-order valence-electron chi connectivity index (χ1n) is 7.37. The second-order valence-electron chi connectivity index (χ2n) is 5.60. The molecule has 1 aromatic heterocycles. The Balaban J connectivity index is 2.21. The number of nitrogens with zero attached hydrogens (tertiary/aromatic N) is 2. The van der Waals surface area contributed by atoms with Gasteiger partial charge >= 0.3 is 5.97 Å². The molecule has 0 saturated carbocycles. The second kappa shape index (κ2) is 6.85. The summed E-state index contributed by atoms with van der Waals surface area (Å²) in [5.41, 5.74) is 0. The fourth-order valence-electron chi connectivity index (χ4n) is 2.62. The van der Waals surface area contributed by atoms with Gasteiger partial charge in [0.15, 0.2) is 0 Å². The number of allylic oxidation sites excluding steroid dienone is 2. The molecule has 0 bridgehead atoms. The van der Waals surface area contributed by atoms with Gasteiger partial charge in [0.1, 0.15) is 6.10 Å². The van der Waals surface area contributed by atoms with Gasteiger partial charge in [-0.05, 0) is 25.7 Å². The highest BCUT2D eigenvalue weighted by Gasteiger charge is 2.34. The Kier molecular flexibility index (Phi) is 5.12. The summed E-state index contributed by atoms with van der Waals surface area (Å²) in [7, 11) is 0. The molecule has 0 aromatic carbocycles. The van der Waals surface area contributed by atoms with E-state index in [1.165, 1.54) is 0 Å². The number of carbonyl (C=O) groups is 1. The number of rotatable bonds is 6. The summed E-state index contributed by atoms with van der Waals surface area (Å²) in [5.74, 6) is -0.477. The maximum Gasteiger partial charge on any atom is 0.307 e. The first kappa shape index (κ1) is 15.7. The molecule has 1 heterocycles. The van der Waals surface area contributed by atoms with Crippen molar-refractivity contribution >= 4 is 5.97 Å². The van der Waals surface area contributed by atoms with Crippen LogP contribution in [0.1, 0.15) is 57.3 Å². The molecule has 3 unspecified atom stereocenters. The Labute approximate surface area is 124 Å². The molecule has 1 N–H and O–H groups in total. The van der Waals surface area contributed by atoms with Crippen LogP contribution in [-0.4, -0.2) is 27.8 Å². The van der Waals surface area contributed by atoms with Crippen LogP contribution < -0.4 is 0 Å². The van der Waals surface area contributed by atoms with Gasteiger partial charge in [0, 0.05) is 6.61 Å². The average Bonchev–Trinajstić information content (AvgIpc) is 2.93. The molecule has 1 aliphatic rings. The van der Waals surface area contributed by atoms with E-state index in [4.69, 9.17) is 9.26 Å². The van der Waals surface area contributed by atoms with E-state index < -0.39 is 11.9 Å². The average molecular weight is 294 g/mol. The lowest BCUT2D eigenvalue weighted by molar-refractivity contribution is -0.142. The van der Waals surface area contributed by atoms with Crippen LogP contribution in [0.5, 0.6) is 0 Å². The third-order valence-electron chi connectivity index (χ3n) is 3.73. The molecular weight excluding hydrogens is 272 g/mol. The van der Waals surface area contributed by atoms with Gasteiger partial charge in [-0.25, -0.2) is 0 Å². The third kappa shape index (κ3) is 3.50. The summed E-state index contributed by atoms with van der Waals surface area (Å²) in [5, 5.41) is 13.3. The lowest BCUT2D eigenvalue weighted by Gasteiger charge is -2.21. The molecule has 6 nitrogen and oxygen atoms in total. The minimum absolute atomic E-state index is 0.219. The summed E-state index contributed by atoms with van der Waals surface area (Å²) in [4.78, 5) is 15.7. The minimum Gasteiger partial charge on any atom is -0.481 e. The largest absolute Gasteiger partial charge is 0.481 e. The highest BCUT2D eigenvalue weighted by Crippen LogP contribution is 2.35. The van der Waals surface area contributed by atoms with Gasteiger partial charge in [-0.15, -0.1) is 0 Å². The number of hydrogen-bond donors (Lipinski definition) is 1. The summed E-state index contributed by atoms with van der Waals surface area (Å²) < 4.78 is 11.0. The molecule has 1 aliphatic carbocycles. The molecule has 0 aliphatic heterocycles. The van der Waals surface area contributed by atoms with Crippen molar-refractivity contribution in [3.8, 4) is 0 Å². The van der Waals surface area contributed by atoms with Crippen LogP contribution in [-0.2, 0) is 9.53 Å². The molecule has 21 heavy (non-hydrogen) atoms. The van der Waals surface area contributed by atoms with Crippen molar-refractivity contribution in [2.75, 3.05) is 6.61 Å². The van der Waals surface area contributed by atoms with E-state index in [1.807, 2.05) is 32.9 Å². The van der Waals surface area contributed by atoms with Crippen LogP contribution in [0.3, 0.4) is 0 Å². The van der Waals surface area contributed by atoms with Crippen molar-refractivity contribution in [2.45, 2.75) is 45.6 Å². The predicted molar refractivity (Wildman–Crippen MR) is 75.7 cm³/mol. The molecule has 0 radical (unpaired) electrons. The number of hydrogen-bond acceptors (Lipinski definition) is 5. The third-order valence-corrected chi connectivity index (χ3v) is 3.73. The van der Waals surface area contributed by atoms with E-state index in [0.717, 1.165) is 0 Å². The molecule has 3 atom stereocenters. The van der Waals surface area contributed by atoms with E-state index in [2.05, 4.69) is 10.1 Å². The van der Waals surface area contributed by atoms with E-state index in [1.54, 1.807) is 0 Å². The molecule has 0 saturated heterocycles. The number of carboxylic acid groups (broad SMARTS) is 1. The van der Waals surface area contributed by atoms with Crippen molar-refractivity contribution in [2.24, 2.45) is 11.8 Å². The van der Waals surface area contributed by atoms with Gasteiger partial charge < -0.3 is 14.4 Å². The molecule has 0 spiro atoms. The molecular formula is C15H22N2O4. The number of ether oxygens (including phenoxy) is 1. The quantitative estimate of drug-likeness (QED) is 0.812. The SMILES string of the molecule is CCOC(c1noc(C2CC=CCC2C(=O)O)n1)C(C)C. The van der Waals surface area contributed by atoms with Gasteiger partial charge in [-0.2, -0.15) is 4.98 Å². The van der Waals surface area contributed by atoms with Crippen LogP contribution in [0.2, 0.25) is 0 Å². The maximum atomic E-state index is 11.3. The van der Waals surface area contributed by atoms with Gasteiger partial charge in [-0.1, -0.05) is 31.2 Å². The lowest BCUT2D eigenvalue weighted by Crippen LogP contribution is -2.23. The van der Waals surface area contributed by atoms with Crippen molar-refractivity contribution in [1.29, 1.82) is 0 Å². The zero-order valence-corrected chi connectivity index (χ0v) is 12.7. The van der Waals surface area contributed by atoms with Crippen molar-refractivity contribution < 1.29 is 19.2 Å².